The van der Waals surface area contributed by atoms with E-state index in [1.54, 1.807) is 23.5 Å². The maximum atomic E-state index is 11.3. The topological polar surface area (TPSA) is 51.2 Å². The molecule has 4 nitrogen and oxygen atoms in total. The summed E-state index contributed by atoms with van der Waals surface area (Å²) in [5, 5.41) is 6.44. The molecule has 0 aliphatic heterocycles. The van der Waals surface area contributed by atoms with Crippen molar-refractivity contribution < 1.29 is 9.53 Å². The van der Waals surface area contributed by atoms with Crippen LogP contribution in [0.4, 0.5) is 0 Å². The second-order valence-electron chi connectivity index (χ2n) is 4.16. The Bertz CT molecular complexity index is 523. The molecule has 1 aromatic carbocycles. The third-order valence-electron chi connectivity index (χ3n) is 2.81. The van der Waals surface area contributed by atoms with Crippen LogP contribution in [0.25, 0.3) is 0 Å². The first-order chi connectivity index (χ1) is 9.20. The van der Waals surface area contributed by atoms with Crippen LogP contribution in [-0.2, 0) is 11.3 Å². The molecule has 0 aliphatic rings. The number of methoxy groups -OCH3 is 1. The molecule has 19 heavy (non-hydrogen) atoms. The zero-order chi connectivity index (χ0) is 13.7. The minimum atomic E-state index is -0.310. The van der Waals surface area contributed by atoms with E-state index < -0.39 is 0 Å². The molecule has 1 N–H and O–H groups in total. The van der Waals surface area contributed by atoms with Gasteiger partial charge in [-0.1, -0.05) is 12.1 Å². The molecule has 1 atom stereocenters. The predicted molar refractivity (Wildman–Crippen MR) is 75.2 cm³/mol. The molecule has 1 unspecified atom stereocenters. The van der Waals surface area contributed by atoms with E-state index in [1.807, 2.05) is 23.7 Å². The first-order valence-corrected chi connectivity index (χ1v) is 6.88. The maximum Gasteiger partial charge on any atom is 0.337 e. The highest BCUT2D eigenvalue weighted by Gasteiger charge is 2.08. The Labute approximate surface area is 116 Å². The molecule has 2 rings (SSSR count). The molecular formula is C14H16N2O2S. The largest absolute Gasteiger partial charge is 0.465 e. The molecule has 0 amide bonds. The van der Waals surface area contributed by atoms with Gasteiger partial charge in [0.25, 0.3) is 0 Å². The zero-order valence-corrected chi connectivity index (χ0v) is 11.7. The van der Waals surface area contributed by atoms with Crippen LogP contribution in [0.1, 0.15) is 33.9 Å². The standard InChI is InChI=1S/C14H16N2O2S/c1-10(13-15-7-8-19-13)16-9-11-3-5-12(6-4-11)14(17)18-2/h3-8,10,16H,9H2,1-2H3. The van der Waals surface area contributed by atoms with Crippen molar-refractivity contribution in [3.05, 3.63) is 52.0 Å². The lowest BCUT2D eigenvalue weighted by Gasteiger charge is -2.11. The summed E-state index contributed by atoms with van der Waals surface area (Å²) in [7, 11) is 1.38. The average Bonchev–Trinajstić information content (AvgIpc) is 2.98. The van der Waals surface area contributed by atoms with E-state index in [0.717, 1.165) is 17.1 Å². The first kappa shape index (κ1) is 13.7. The van der Waals surface area contributed by atoms with Crippen molar-refractivity contribution in [3.63, 3.8) is 0 Å². The van der Waals surface area contributed by atoms with Gasteiger partial charge in [0.2, 0.25) is 0 Å². The van der Waals surface area contributed by atoms with E-state index in [9.17, 15) is 4.79 Å². The Morgan fingerprint density at radius 3 is 2.74 bits per heavy atom. The quantitative estimate of drug-likeness (QED) is 0.853. The SMILES string of the molecule is COC(=O)c1ccc(CNC(C)c2nccs2)cc1. The van der Waals surface area contributed by atoms with Gasteiger partial charge in [0.1, 0.15) is 5.01 Å². The number of rotatable bonds is 5. The molecule has 2 aromatic rings. The Morgan fingerprint density at radius 2 is 2.16 bits per heavy atom. The van der Waals surface area contributed by atoms with Gasteiger partial charge in [-0.15, -0.1) is 11.3 Å². The Balaban J connectivity index is 1.91. The highest BCUT2D eigenvalue weighted by Crippen LogP contribution is 2.15. The minimum absolute atomic E-state index is 0.222. The van der Waals surface area contributed by atoms with E-state index in [1.165, 1.54) is 7.11 Å². The van der Waals surface area contributed by atoms with Crippen LogP contribution in [0.15, 0.2) is 35.8 Å². The second kappa shape index (κ2) is 6.45. The van der Waals surface area contributed by atoms with Gasteiger partial charge in [-0.3, -0.25) is 0 Å². The Morgan fingerprint density at radius 1 is 1.42 bits per heavy atom. The summed E-state index contributed by atoms with van der Waals surface area (Å²) < 4.78 is 4.66. The van der Waals surface area contributed by atoms with Crippen molar-refractivity contribution in [2.24, 2.45) is 0 Å². The smallest absolute Gasteiger partial charge is 0.337 e. The number of carbonyl (C=O) groups excluding carboxylic acids is 1. The van der Waals surface area contributed by atoms with E-state index >= 15 is 0 Å². The van der Waals surface area contributed by atoms with Crippen LogP contribution in [-0.4, -0.2) is 18.1 Å². The molecule has 5 heteroatoms. The number of nitrogens with one attached hydrogen (secondary N) is 1. The summed E-state index contributed by atoms with van der Waals surface area (Å²) in [6.45, 7) is 2.82. The van der Waals surface area contributed by atoms with Crippen LogP contribution >= 0.6 is 11.3 Å². The molecule has 0 spiro atoms. The van der Waals surface area contributed by atoms with Gasteiger partial charge in [-0.05, 0) is 24.6 Å². The third kappa shape index (κ3) is 3.62. The number of thiazole rings is 1. The fourth-order valence-corrected chi connectivity index (χ4v) is 2.35. The van der Waals surface area contributed by atoms with Gasteiger partial charge in [0.15, 0.2) is 0 Å². The number of nitrogens with zero attached hydrogens (tertiary/aromatic N) is 1. The second-order valence-corrected chi connectivity index (χ2v) is 5.09. The van der Waals surface area contributed by atoms with Crippen molar-refractivity contribution in [1.29, 1.82) is 0 Å². The number of aromatic nitrogens is 1. The van der Waals surface area contributed by atoms with Crippen molar-refractivity contribution in [3.8, 4) is 0 Å². The summed E-state index contributed by atoms with van der Waals surface area (Å²) in [5.74, 6) is -0.310. The summed E-state index contributed by atoms with van der Waals surface area (Å²) >= 11 is 1.64. The number of ether oxygens (including phenoxy) is 1. The van der Waals surface area contributed by atoms with Gasteiger partial charge in [-0.25, -0.2) is 9.78 Å². The Kier molecular flexibility index (Phi) is 4.65. The molecule has 0 saturated heterocycles. The van der Waals surface area contributed by atoms with Crippen LogP contribution in [0.2, 0.25) is 0 Å². The molecule has 0 bridgehead atoms. The summed E-state index contributed by atoms with van der Waals surface area (Å²) in [4.78, 5) is 15.6. The number of benzene rings is 1. The molecule has 0 radical (unpaired) electrons. The summed E-state index contributed by atoms with van der Waals surface area (Å²) in [5.41, 5.74) is 1.69. The third-order valence-corrected chi connectivity index (χ3v) is 3.77. The lowest BCUT2D eigenvalue weighted by atomic mass is 10.1. The molecular weight excluding hydrogens is 260 g/mol. The van der Waals surface area contributed by atoms with Crippen LogP contribution in [0.5, 0.6) is 0 Å². The monoisotopic (exact) mass is 276 g/mol. The van der Waals surface area contributed by atoms with E-state index in [4.69, 9.17) is 0 Å². The zero-order valence-electron chi connectivity index (χ0n) is 10.9. The molecule has 0 aliphatic carbocycles. The van der Waals surface area contributed by atoms with E-state index in [0.29, 0.717) is 5.56 Å². The molecule has 0 fully saturated rings. The lowest BCUT2D eigenvalue weighted by molar-refractivity contribution is 0.0600. The lowest BCUT2D eigenvalue weighted by Crippen LogP contribution is -2.17. The molecule has 0 saturated carbocycles. The average molecular weight is 276 g/mol. The van der Waals surface area contributed by atoms with E-state index in [-0.39, 0.29) is 12.0 Å². The van der Waals surface area contributed by atoms with Crippen molar-refractivity contribution in [2.45, 2.75) is 19.5 Å². The van der Waals surface area contributed by atoms with E-state index in [2.05, 4.69) is 22.0 Å². The molecule has 1 aromatic heterocycles. The number of hydrogen-bond donors (Lipinski definition) is 1. The highest BCUT2D eigenvalue weighted by atomic mass is 32.1. The van der Waals surface area contributed by atoms with Crippen LogP contribution in [0.3, 0.4) is 0 Å². The van der Waals surface area contributed by atoms with Crippen LogP contribution in [0, 0.1) is 0 Å². The fourth-order valence-electron chi connectivity index (χ4n) is 1.68. The van der Waals surface area contributed by atoms with Gasteiger partial charge in [0.05, 0.1) is 18.7 Å². The number of hydrogen-bond acceptors (Lipinski definition) is 5. The van der Waals surface area contributed by atoms with Gasteiger partial charge < -0.3 is 10.1 Å². The first-order valence-electron chi connectivity index (χ1n) is 6.00. The molecule has 100 valence electrons. The maximum absolute atomic E-state index is 11.3. The van der Waals surface area contributed by atoms with Crippen molar-refractivity contribution in [1.82, 2.24) is 10.3 Å². The number of carbonyl (C=O) groups is 1. The highest BCUT2D eigenvalue weighted by molar-refractivity contribution is 7.09. The fraction of sp³-hybridized carbons (Fsp3) is 0.286. The van der Waals surface area contributed by atoms with Crippen LogP contribution < -0.4 is 5.32 Å². The van der Waals surface area contributed by atoms with Crippen molar-refractivity contribution in [2.75, 3.05) is 7.11 Å². The Hall–Kier alpha value is -1.72. The normalized spacial score (nSPS) is 12.1. The van der Waals surface area contributed by atoms with Gasteiger partial charge in [0, 0.05) is 18.1 Å². The van der Waals surface area contributed by atoms with Gasteiger partial charge in [-0.2, -0.15) is 0 Å². The minimum Gasteiger partial charge on any atom is -0.465 e. The summed E-state index contributed by atoms with van der Waals surface area (Å²) in [6, 6.07) is 7.62. The summed E-state index contributed by atoms with van der Waals surface area (Å²) in [6.07, 6.45) is 1.81. The predicted octanol–water partition coefficient (Wildman–Crippen LogP) is 2.78. The van der Waals surface area contributed by atoms with Gasteiger partial charge >= 0.3 is 5.97 Å². The number of esters is 1. The van der Waals surface area contributed by atoms with Crippen molar-refractivity contribution >= 4 is 17.3 Å². The molecule has 1 heterocycles.